The third-order valence-corrected chi connectivity index (χ3v) is 3.75. The highest BCUT2D eigenvalue weighted by molar-refractivity contribution is 7.22. The van der Waals surface area contributed by atoms with Gasteiger partial charge in [-0.3, -0.25) is 4.90 Å². The summed E-state index contributed by atoms with van der Waals surface area (Å²) in [5.41, 5.74) is 6.48. The molecule has 128 valence electrons. The number of carboxylic acid groups (broad SMARTS) is 1. The molecule has 23 heavy (non-hydrogen) atoms. The van der Waals surface area contributed by atoms with Crippen molar-refractivity contribution in [2.45, 2.75) is 0 Å². The van der Waals surface area contributed by atoms with Crippen LogP contribution in [0.15, 0.2) is 18.2 Å². The van der Waals surface area contributed by atoms with Crippen LogP contribution in [0.25, 0.3) is 10.2 Å². The number of fused-ring (bicyclic) bond motifs is 1. The van der Waals surface area contributed by atoms with E-state index in [1.165, 1.54) is 17.4 Å². The number of nitrogen functional groups attached to an aromatic ring is 1. The van der Waals surface area contributed by atoms with E-state index in [-0.39, 0.29) is 25.4 Å². The molecule has 0 saturated heterocycles. The first kappa shape index (κ1) is 19.3. The maximum absolute atomic E-state index is 10.6. The fourth-order valence-electron chi connectivity index (χ4n) is 1.84. The van der Waals surface area contributed by atoms with Crippen LogP contribution < -0.4 is 5.73 Å². The quantitative estimate of drug-likeness (QED) is 0.467. The molecule has 0 amide bonds. The summed E-state index contributed by atoms with van der Waals surface area (Å²) < 4.78 is 0.803. The van der Waals surface area contributed by atoms with Crippen LogP contribution in [0.4, 0.5) is 5.13 Å². The summed E-state index contributed by atoms with van der Waals surface area (Å²) in [6, 6.07) is 4.75. The van der Waals surface area contributed by atoms with Crippen molar-refractivity contribution in [3.8, 4) is 0 Å². The van der Waals surface area contributed by atoms with Gasteiger partial charge in [0.1, 0.15) is 0 Å². The second-order valence-corrected chi connectivity index (χ2v) is 5.61. The van der Waals surface area contributed by atoms with Gasteiger partial charge in [-0.2, -0.15) is 0 Å². The Morgan fingerprint density at radius 2 is 1.70 bits per heavy atom. The topological polar surface area (TPSA) is 140 Å². The van der Waals surface area contributed by atoms with Gasteiger partial charge in [0.25, 0.3) is 0 Å². The van der Waals surface area contributed by atoms with E-state index in [0.29, 0.717) is 24.8 Å². The molecule has 0 aliphatic carbocycles. The second-order valence-electron chi connectivity index (χ2n) is 4.55. The van der Waals surface area contributed by atoms with Crippen molar-refractivity contribution in [2.24, 2.45) is 0 Å². The highest BCUT2D eigenvalue weighted by Gasteiger charge is 2.06. The zero-order chi connectivity index (χ0) is 17.2. The molecule has 0 fully saturated rings. The third kappa shape index (κ3) is 6.47. The molecule has 6 N–H and O–H groups in total. The number of aromatic nitrogens is 1. The Hall–Kier alpha value is -1.78. The molecule has 2 aromatic rings. The molecule has 1 aromatic carbocycles. The Morgan fingerprint density at radius 3 is 2.17 bits per heavy atom. The first-order valence-electron chi connectivity index (χ1n) is 6.96. The molecule has 0 atom stereocenters. The van der Waals surface area contributed by atoms with E-state index in [0.717, 1.165) is 10.2 Å². The second kappa shape index (κ2) is 10.1. The minimum atomic E-state index is -0.936. The van der Waals surface area contributed by atoms with E-state index < -0.39 is 5.97 Å². The third-order valence-electron chi connectivity index (χ3n) is 2.90. The van der Waals surface area contributed by atoms with Crippen molar-refractivity contribution in [3.05, 3.63) is 23.8 Å². The Morgan fingerprint density at radius 1 is 1.13 bits per heavy atom. The zero-order valence-corrected chi connectivity index (χ0v) is 13.4. The number of anilines is 1. The van der Waals surface area contributed by atoms with Crippen LogP contribution in [0.1, 0.15) is 10.4 Å². The summed E-state index contributed by atoms with van der Waals surface area (Å²) in [6.45, 7) is 1.75. The molecule has 1 heterocycles. The molecular formula is C14H21N3O5S. The van der Waals surface area contributed by atoms with E-state index >= 15 is 0 Å². The number of aliphatic hydroxyl groups is 3. The molecule has 0 aliphatic heterocycles. The molecule has 9 heteroatoms. The van der Waals surface area contributed by atoms with Gasteiger partial charge < -0.3 is 26.2 Å². The Labute approximate surface area is 137 Å². The summed E-state index contributed by atoms with van der Waals surface area (Å²) in [7, 11) is 0. The van der Waals surface area contributed by atoms with Gasteiger partial charge in [0.05, 0.1) is 35.6 Å². The summed E-state index contributed by atoms with van der Waals surface area (Å²) in [4.78, 5) is 16.4. The van der Waals surface area contributed by atoms with Gasteiger partial charge in [-0.25, -0.2) is 9.78 Å². The standard InChI is InChI=1S/C8H6N2O2S.C6H15NO3/c9-8-10-5-2-1-4(7(11)12)3-6(5)13-8;8-4-1-7(2-5-9)3-6-10/h1-3H,(H2,9,10)(H,11,12);8-10H,1-6H2. The summed E-state index contributed by atoms with van der Waals surface area (Å²) >= 11 is 1.29. The van der Waals surface area contributed by atoms with Gasteiger partial charge in [-0.1, -0.05) is 11.3 Å². The average molecular weight is 343 g/mol. The lowest BCUT2D eigenvalue weighted by Gasteiger charge is -2.17. The molecule has 2 rings (SSSR count). The molecular weight excluding hydrogens is 322 g/mol. The van der Waals surface area contributed by atoms with Crippen LogP contribution in [0.5, 0.6) is 0 Å². The summed E-state index contributed by atoms with van der Waals surface area (Å²) in [5, 5.41) is 34.6. The minimum absolute atomic E-state index is 0.0694. The highest BCUT2D eigenvalue weighted by atomic mass is 32.1. The number of aromatic carboxylic acids is 1. The lowest BCUT2D eigenvalue weighted by atomic mass is 10.2. The van der Waals surface area contributed by atoms with E-state index in [4.69, 9.17) is 26.2 Å². The summed E-state index contributed by atoms with van der Waals surface area (Å²) in [5.74, 6) is -0.936. The molecule has 1 aromatic heterocycles. The summed E-state index contributed by atoms with van der Waals surface area (Å²) in [6.07, 6.45) is 0. The molecule has 0 bridgehead atoms. The molecule has 0 spiro atoms. The Bertz CT molecular complexity index is 605. The molecule has 0 aliphatic rings. The lowest BCUT2D eigenvalue weighted by Crippen LogP contribution is -2.32. The predicted molar refractivity (Wildman–Crippen MR) is 88.7 cm³/mol. The van der Waals surface area contributed by atoms with Crippen LogP contribution in [0.3, 0.4) is 0 Å². The smallest absolute Gasteiger partial charge is 0.335 e. The number of thiazole rings is 1. The zero-order valence-electron chi connectivity index (χ0n) is 12.6. The average Bonchev–Trinajstić information content (AvgIpc) is 2.87. The molecule has 0 radical (unpaired) electrons. The first-order valence-corrected chi connectivity index (χ1v) is 7.77. The maximum atomic E-state index is 10.6. The number of hydrogen-bond acceptors (Lipinski definition) is 8. The first-order chi connectivity index (χ1) is 11.0. The Balaban J connectivity index is 0.000000241. The van der Waals surface area contributed by atoms with Crippen molar-refractivity contribution < 1.29 is 25.2 Å². The number of carboxylic acids is 1. The minimum Gasteiger partial charge on any atom is -0.478 e. The van der Waals surface area contributed by atoms with Gasteiger partial charge in [-0.05, 0) is 18.2 Å². The number of nitrogens with zero attached hydrogens (tertiary/aromatic N) is 2. The van der Waals surface area contributed by atoms with Crippen molar-refractivity contribution >= 4 is 32.7 Å². The van der Waals surface area contributed by atoms with Gasteiger partial charge in [0.2, 0.25) is 0 Å². The van der Waals surface area contributed by atoms with Crippen molar-refractivity contribution in [1.29, 1.82) is 0 Å². The fourth-order valence-corrected chi connectivity index (χ4v) is 2.61. The molecule has 0 unspecified atom stereocenters. The van der Waals surface area contributed by atoms with Gasteiger partial charge >= 0.3 is 5.97 Å². The highest BCUT2D eigenvalue weighted by Crippen LogP contribution is 2.24. The van der Waals surface area contributed by atoms with Gasteiger partial charge in [-0.15, -0.1) is 0 Å². The molecule has 0 saturated carbocycles. The van der Waals surface area contributed by atoms with Crippen LogP contribution in [0.2, 0.25) is 0 Å². The van der Waals surface area contributed by atoms with E-state index in [1.807, 2.05) is 0 Å². The Kier molecular flexibility index (Phi) is 8.45. The van der Waals surface area contributed by atoms with Crippen molar-refractivity contribution in [2.75, 3.05) is 45.2 Å². The number of hydrogen-bond donors (Lipinski definition) is 5. The van der Waals surface area contributed by atoms with E-state index in [9.17, 15) is 4.79 Å². The molecule has 8 nitrogen and oxygen atoms in total. The van der Waals surface area contributed by atoms with E-state index in [2.05, 4.69) is 4.98 Å². The number of benzene rings is 1. The van der Waals surface area contributed by atoms with Gasteiger partial charge in [0.15, 0.2) is 5.13 Å². The van der Waals surface area contributed by atoms with Crippen LogP contribution in [0, 0.1) is 0 Å². The van der Waals surface area contributed by atoms with Crippen molar-refractivity contribution in [3.63, 3.8) is 0 Å². The number of aliphatic hydroxyl groups excluding tert-OH is 3. The lowest BCUT2D eigenvalue weighted by molar-refractivity contribution is 0.0697. The monoisotopic (exact) mass is 343 g/mol. The van der Waals surface area contributed by atoms with Crippen LogP contribution >= 0.6 is 11.3 Å². The number of nitrogens with two attached hydrogens (primary N) is 1. The van der Waals surface area contributed by atoms with Gasteiger partial charge in [0, 0.05) is 19.6 Å². The largest absolute Gasteiger partial charge is 0.478 e. The van der Waals surface area contributed by atoms with E-state index in [1.54, 1.807) is 17.0 Å². The maximum Gasteiger partial charge on any atom is 0.335 e. The predicted octanol–water partition coefficient (Wildman–Crippen LogP) is -0.158. The van der Waals surface area contributed by atoms with Crippen molar-refractivity contribution in [1.82, 2.24) is 9.88 Å². The fraction of sp³-hybridized carbons (Fsp3) is 0.429. The number of rotatable bonds is 7. The SMILES string of the molecule is Nc1nc2ccc(C(=O)O)cc2s1.OCCN(CCO)CCO. The number of carbonyl (C=O) groups is 1. The van der Waals surface area contributed by atoms with Crippen LogP contribution in [-0.2, 0) is 0 Å². The normalized spacial score (nSPS) is 10.6. The van der Waals surface area contributed by atoms with Crippen LogP contribution in [-0.4, -0.2) is 75.7 Å².